The molecule has 0 spiro atoms. The van der Waals surface area contributed by atoms with Gasteiger partial charge in [0.1, 0.15) is 0 Å². The van der Waals surface area contributed by atoms with Gasteiger partial charge < -0.3 is 10.4 Å². The van der Waals surface area contributed by atoms with Gasteiger partial charge in [0.2, 0.25) is 5.91 Å². The van der Waals surface area contributed by atoms with E-state index in [4.69, 9.17) is 5.11 Å². The molecule has 3 atom stereocenters. The maximum Gasteiger partial charge on any atom is 0.307 e. The Morgan fingerprint density at radius 1 is 1.11 bits per heavy atom. The van der Waals surface area contributed by atoms with Crippen molar-refractivity contribution in [2.75, 3.05) is 0 Å². The van der Waals surface area contributed by atoms with Crippen molar-refractivity contribution in [1.29, 1.82) is 0 Å². The molecule has 0 aromatic heterocycles. The summed E-state index contributed by atoms with van der Waals surface area (Å²) in [6.45, 7) is 2.06. The van der Waals surface area contributed by atoms with Gasteiger partial charge >= 0.3 is 5.97 Å². The zero-order chi connectivity index (χ0) is 13.1. The smallest absolute Gasteiger partial charge is 0.307 e. The molecule has 2 rings (SSSR count). The highest BCUT2D eigenvalue weighted by atomic mass is 16.4. The van der Waals surface area contributed by atoms with Gasteiger partial charge in [-0.2, -0.15) is 0 Å². The van der Waals surface area contributed by atoms with Crippen LogP contribution in [0.15, 0.2) is 0 Å². The van der Waals surface area contributed by atoms with Crippen molar-refractivity contribution in [1.82, 2.24) is 5.32 Å². The van der Waals surface area contributed by atoms with E-state index in [0.29, 0.717) is 12.3 Å². The number of carboxylic acids is 1. The number of amides is 1. The first-order chi connectivity index (χ1) is 8.59. The molecule has 2 aliphatic carbocycles. The Labute approximate surface area is 108 Å². The average molecular weight is 253 g/mol. The van der Waals surface area contributed by atoms with E-state index in [1.807, 2.05) is 0 Å². The minimum absolute atomic E-state index is 0.0563. The molecule has 102 valence electrons. The van der Waals surface area contributed by atoms with Crippen LogP contribution < -0.4 is 5.32 Å². The number of carbonyl (C=O) groups is 2. The highest BCUT2D eigenvalue weighted by Crippen LogP contribution is 2.39. The van der Waals surface area contributed by atoms with Crippen molar-refractivity contribution in [3.05, 3.63) is 0 Å². The van der Waals surface area contributed by atoms with Crippen LogP contribution in [0.4, 0.5) is 0 Å². The normalized spacial score (nSPS) is 30.3. The third-order valence-corrected chi connectivity index (χ3v) is 4.42. The molecule has 1 amide bonds. The summed E-state index contributed by atoms with van der Waals surface area (Å²) in [7, 11) is 0. The van der Waals surface area contributed by atoms with Gasteiger partial charge in [-0.1, -0.05) is 25.7 Å². The van der Waals surface area contributed by atoms with E-state index in [1.165, 1.54) is 38.5 Å². The topological polar surface area (TPSA) is 66.4 Å². The zero-order valence-electron chi connectivity index (χ0n) is 11.0. The fraction of sp³-hybridized carbons (Fsp3) is 0.857. The van der Waals surface area contributed by atoms with Crippen LogP contribution in [0.25, 0.3) is 0 Å². The summed E-state index contributed by atoms with van der Waals surface area (Å²) in [5.41, 5.74) is 0. The molecule has 0 aromatic carbocycles. The number of hydrogen-bond acceptors (Lipinski definition) is 2. The molecule has 0 aliphatic heterocycles. The van der Waals surface area contributed by atoms with Crippen LogP contribution in [-0.4, -0.2) is 23.0 Å². The molecule has 4 heteroatoms. The summed E-state index contributed by atoms with van der Waals surface area (Å²) < 4.78 is 0. The van der Waals surface area contributed by atoms with Gasteiger partial charge in [-0.05, 0) is 32.1 Å². The van der Waals surface area contributed by atoms with E-state index in [0.717, 1.165) is 0 Å². The number of aliphatic carboxylic acids is 1. The SMILES string of the molecule is C[C@@H](NC(=O)[C@@H]1C[C@@H]1C(=O)O)C1CCCCCC1. The van der Waals surface area contributed by atoms with Gasteiger partial charge in [-0.3, -0.25) is 9.59 Å². The number of nitrogens with one attached hydrogen (secondary N) is 1. The molecule has 2 fully saturated rings. The van der Waals surface area contributed by atoms with Crippen molar-refractivity contribution in [2.24, 2.45) is 17.8 Å². The Balaban J connectivity index is 1.78. The average Bonchev–Trinajstić information content (AvgIpc) is 3.13. The lowest BCUT2D eigenvalue weighted by atomic mass is 9.93. The Kier molecular flexibility index (Phi) is 4.25. The Morgan fingerprint density at radius 3 is 2.22 bits per heavy atom. The second-order valence-corrected chi connectivity index (χ2v) is 5.84. The summed E-state index contributed by atoms with van der Waals surface area (Å²) in [6.07, 6.45) is 8.02. The summed E-state index contributed by atoms with van der Waals surface area (Å²) in [5.74, 6) is -1.04. The maximum atomic E-state index is 11.9. The molecule has 0 radical (unpaired) electrons. The minimum atomic E-state index is -0.836. The van der Waals surface area contributed by atoms with Crippen LogP contribution in [0.5, 0.6) is 0 Å². The summed E-state index contributed by atoms with van der Waals surface area (Å²) in [4.78, 5) is 22.6. The molecule has 0 heterocycles. The lowest BCUT2D eigenvalue weighted by Crippen LogP contribution is -2.39. The second-order valence-electron chi connectivity index (χ2n) is 5.84. The van der Waals surface area contributed by atoms with E-state index in [1.54, 1.807) is 0 Å². The molecule has 2 aliphatic rings. The molecule has 2 N–H and O–H groups in total. The van der Waals surface area contributed by atoms with Crippen molar-refractivity contribution in [3.8, 4) is 0 Å². The van der Waals surface area contributed by atoms with Gasteiger partial charge in [0.05, 0.1) is 11.8 Å². The number of carboxylic acid groups (broad SMARTS) is 1. The van der Waals surface area contributed by atoms with E-state index in [9.17, 15) is 9.59 Å². The summed E-state index contributed by atoms with van der Waals surface area (Å²) in [5, 5.41) is 11.8. The van der Waals surface area contributed by atoms with E-state index < -0.39 is 11.9 Å². The van der Waals surface area contributed by atoms with Gasteiger partial charge in [0, 0.05) is 6.04 Å². The van der Waals surface area contributed by atoms with Crippen molar-refractivity contribution < 1.29 is 14.7 Å². The van der Waals surface area contributed by atoms with Gasteiger partial charge in [-0.15, -0.1) is 0 Å². The first-order valence-electron chi connectivity index (χ1n) is 7.12. The Hall–Kier alpha value is -1.06. The summed E-state index contributed by atoms with van der Waals surface area (Å²) in [6, 6.07) is 0.186. The highest BCUT2D eigenvalue weighted by molar-refractivity contribution is 5.89. The molecule has 18 heavy (non-hydrogen) atoms. The largest absolute Gasteiger partial charge is 0.481 e. The molecule has 2 saturated carbocycles. The molecule has 0 unspecified atom stereocenters. The molecular weight excluding hydrogens is 230 g/mol. The second kappa shape index (κ2) is 5.72. The molecule has 0 saturated heterocycles. The Morgan fingerprint density at radius 2 is 1.72 bits per heavy atom. The molecule has 0 aromatic rings. The van der Waals surface area contributed by atoms with Gasteiger partial charge in [0.15, 0.2) is 0 Å². The number of carbonyl (C=O) groups excluding carboxylic acids is 1. The summed E-state index contributed by atoms with van der Waals surface area (Å²) >= 11 is 0. The predicted molar refractivity (Wildman–Crippen MR) is 68.0 cm³/mol. The van der Waals surface area contributed by atoms with Gasteiger partial charge in [0.25, 0.3) is 0 Å². The van der Waals surface area contributed by atoms with E-state index >= 15 is 0 Å². The van der Waals surface area contributed by atoms with Gasteiger partial charge in [-0.25, -0.2) is 0 Å². The van der Waals surface area contributed by atoms with Crippen LogP contribution >= 0.6 is 0 Å². The van der Waals surface area contributed by atoms with Crippen molar-refractivity contribution in [2.45, 2.75) is 57.9 Å². The molecular formula is C14H23NO3. The quantitative estimate of drug-likeness (QED) is 0.755. The third kappa shape index (κ3) is 3.24. The maximum absolute atomic E-state index is 11.9. The van der Waals surface area contributed by atoms with Crippen molar-refractivity contribution >= 4 is 11.9 Å². The first-order valence-corrected chi connectivity index (χ1v) is 7.12. The van der Waals surface area contributed by atoms with Crippen LogP contribution in [0.1, 0.15) is 51.9 Å². The highest BCUT2D eigenvalue weighted by Gasteiger charge is 2.48. The van der Waals surface area contributed by atoms with E-state index in [2.05, 4.69) is 12.2 Å². The zero-order valence-corrected chi connectivity index (χ0v) is 11.0. The lowest BCUT2D eigenvalue weighted by Gasteiger charge is -2.23. The molecule has 0 bridgehead atoms. The Bertz CT molecular complexity index is 321. The fourth-order valence-corrected chi connectivity index (χ4v) is 3.02. The number of hydrogen-bond donors (Lipinski definition) is 2. The third-order valence-electron chi connectivity index (χ3n) is 4.42. The van der Waals surface area contributed by atoms with Crippen LogP contribution in [0.2, 0.25) is 0 Å². The van der Waals surface area contributed by atoms with Crippen LogP contribution in [0.3, 0.4) is 0 Å². The minimum Gasteiger partial charge on any atom is -0.481 e. The fourth-order valence-electron chi connectivity index (χ4n) is 3.02. The predicted octanol–water partition coefficient (Wildman–Crippen LogP) is 2.18. The van der Waals surface area contributed by atoms with Crippen molar-refractivity contribution in [3.63, 3.8) is 0 Å². The number of rotatable bonds is 4. The first kappa shape index (κ1) is 13.4. The monoisotopic (exact) mass is 253 g/mol. The standard InChI is InChI=1S/C14H23NO3/c1-9(10-6-4-2-3-5-7-10)15-13(16)11-8-12(11)14(17)18/h9-12H,2-8H2,1H3,(H,15,16)(H,17,18)/t9-,11-,12+/m1/s1. The molecule has 4 nitrogen and oxygen atoms in total. The van der Waals surface area contributed by atoms with E-state index in [-0.39, 0.29) is 17.9 Å². The van der Waals surface area contributed by atoms with Crippen LogP contribution in [-0.2, 0) is 9.59 Å². The lowest BCUT2D eigenvalue weighted by molar-refractivity contribution is -0.140. The van der Waals surface area contributed by atoms with Crippen LogP contribution in [0, 0.1) is 17.8 Å².